The fourth-order valence-electron chi connectivity index (χ4n) is 2.25. The van der Waals surface area contributed by atoms with Crippen molar-refractivity contribution in [3.63, 3.8) is 0 Å². The van der Waals surface area contributed by atoms with Gasteiger partial charge in [0, 0.05) is 16.4 Å². The van der Waals surface area contributed by atoms with Gasteiger partial charge in [0.1, 0.15) is 5.75 Å². The molecule has 0 aliphatic carbocycles. The molecule has 0 saturated heterocycles. The van der Waals surface area contributed by atoms with Crippen LogP contribution in [-0.2, 0) is 4.79 Å². The highest BCUT2D eigenvalue weighted by Crippen LogP contribution is 2.19. The van der Waals surface area contributed by atoms with Crippen LogP contribution in [0.1, 0.15) is 16.6 Å². The summed E-state index contributed by atoms with van der Waals surface area (Å²) in [6.07, 6.45) is -0.676. The molecule has 138 valence electrons. The summed E-state index contributed by atoms with van der Waals surface area (Å²) in [6, 6.07) is 17.3. The summed E-state index contributed by atoms with van der Waals surface area (Å²) in [7, 11) is 0. The van der Waals surface area contributed by atoms with E-state index in [0.29, 0.717) is 27.0 Å². The van der Waals surface area contributed by atoms with Crippen LogP contribution in [0, 0.1) is 0 Å². The van der Waals surface area contributed by atoms with Gasteiger partial charge in [0.25, 0.3) is 11.8 Å². The number of carbonyl (C=O) groups is 2. The Bertz CT molecular complexity index is 909. The Labute approximate surface area is 165 Å². The van der Waals surface area contributed by atoms with E-state index >= 15 is 0 Å². The van der Waals surface area contributed by atoms with Gasteiger partial charge in [-0.3, -0.25) is 9.59 Å². The van der Waals surface area contributed by atoms with Crippen LogP contribution in [0.5, 0.6) is 5.75 Å². The van der Waals surface area contributed by atoms with Crippen molar-refractivity contribution in [1.29, 1.82) is 0 Å². The van der Waals surface area contributed by atoms with E-state index in [1.54, 1.807) is 61.5 Å². The summed E-state index contributed by atoms with van der Waals surface area (Å²) < 4.78 is 5.59. The Hall–Kier alpha value is -2.83. The standard InChI is InChI=1S/C20H17ClN2O3S/c1-13(26-17-10-4-14(21)5-11-17)19(24)22-15-6-8-16(9-7-15)23-20(25)18-3-2-12-27-18/h2-13H,1H3,(H,22,24)(H,23,25). The summed E-state index contributed by atoms with van der Waals surface area (Å²) >= 11 is 7.21. The van der Waals surface area contributed by atoms with E-state index in [0.717, 1.165) is 0 Å². The van der Waals surface area contributed by atoms with E-state index in [1.807, 2.05) is 11.4 Å². The summed E-state index contributed by atoms with van der Waals surface area (Å²) in [6.45, 7) is 1.67. The van der Waals surface area contributed by atoms with Gasteiger partial charge in [0.15, 0.2) is 6.10 Å². The predicted octanol–water partition coefficient (Wildman–Crippen LogP) is 5.06. The molecule has 3 aromatic rings. The molecule has 0 spiro atoms. The quantitative estimate of drug-likeness (QED) is 0.607. The summed E-state index contributed by atoms with van der Waals surface area (Å²) in [5.74, 6) is 0.126. The molecule has 0 aliphatic rings. The Kier molecular flexibility index (Phi) is 6.11. The van der Waals surface area contributed by atoms with E-state index in [4.69, 9.17) is 16.3 Å². The van der Waals surface area contributed by atoms with Crippen molar-refractivity contribution in [2.75, 3.05) is 10.6 Å². The van der Waals surface area contributed by atoms with Crippen LogP contribution in [-0.4, -0.2) is 17.9 Å². The molecule has 1 atom stereocenters. The van der Waals surface area contributed by atoms with Crippen molar-refractivity contribution in [1.82, 2.24) is 0 Å². The third-order valence-corrected chi connectivity index (χ3v) is 4.77. The number of halogens is 1. The number of carbonyl (C=O) groups excluding carboxylic acids is 2. The normalized spacial score (nSPS) is 11.5. The molecule has 2 aromatic carbocycles. The number of hydrogen-bond donors (Lipinski definition) is 2. The summed E-state index contributed by atoms with van der Waals surface area (Å²) in [5, 5.41) is 8.04. The zero-order valence-corrected chi connectivity index (χ0v) is 16.0. The largest absolute Gasteiger partial charge is 0.481 e. The van der Waals surface area contributed by atoms with Crippen molar-refractivity contribution < 1.29 is 14.3 Å². The average molecular weight is 401 g/mol. The zero-order valence-electron chi connectivity index (χ0n) is 14.4. The van der Waals surface area contributed by atoms with Crippen LogP contribution in [0.4, 0.5) is 11.4 Å². The fraction of sp³-hybridized carbons (Fsp3) is 0.100. The lowest BCUT2D eigenvalue weighted by Crippen LogP contribution is -2.30. The zero-order chi connectivity index (χ0) is 19.2. The van der Waals surface area contributed by atoms with Gasteiger partial charge >= 0.3 is 0 Å². The predicted molar refractivity (Wildman–Crippen MR) is 109 cm³/mol. The fourth-order valence-corrected chi connectivity index (χ4v) is 3.00. The average Bonchev–Trinajstić information content (AvgIpc) is 3.20. The number of hydrogen-bond acceptors (Lipinski definition) is 4. The molecule has 0 saturated carbocycles. The second-order valence-electron chi connectivity index (χ2n) is 5.71. The second-order valence-corrected chi connectivity index (χ2v) is 7.10. The third kappa shape index (κ3) is 5.32. The number of ether oxygens (including phenoxy) is 1. The highest BCUT2D eigenvalue weighted by atomic mass is 35.5. The molecule has 0 fully saturated rings. The maximum absolute atomic E-state index is 12.3. The molecule has 5 nitrogen and oxygen atoms in total. The van der Waals surface area contributed by atoms with E-state index in [2.05, 4.69) is 10.6 Å². The maximum atomic E-state index is 12.3. The lowest BCUT2D eigenvalue weighted by atomic mass is 10.2. The van der Waals surface area contributed by atoms with Gasteiger partial charge in [-0.15, -0.1) is 11.3 Å². The maximum Gasteiger partial charge on any atom is 0.265 e. The van der Waals surface area contributed by atoms with E-state index in [-0.39, 0.29) is 11.8 Å². The number of amides is 2. The van der Waals surface area contributed by atoms with Crippen molar-refractivity contribution in [3.05, 3.63) is 75.9 Å². The Morgan fingerprint density at radius 2 is 1.59 bits per heavy atom. The van der Waals surface area contributed by atoms with Gasteiger partial charge in [0.05, 0.1) is 4.88 Å². The first kappa shape index (κ1) is 18.9. The van der Waals surface area contributed by atoms with E-state index < -0.39 is 6.10 Å². The van der Waals surface area contributed by atoms with Crippen LogP contribution in [0.3, 0.4) is 0 Å². The minimum atomic E-state index is -0.676. The first-order valence-corrected chi connectivity index (χ1v) is 9.45. The monoisotopic (exact) mass is 400 g/mol. The lowest BCUT2D eigenvalue weighted by molar-refractivity contribution is -0.122. The molecule has 3 rings (SSSR count). The topological polar surface area (TPSA) is 67.4 Å². The molecule has 2 amide bonds. The van der Waals surface area contributed by atoms with Gasteiger partial charge in [-0.1, -0.05) is 17.7 Å². The number of benzene rings is 2. The first-order chi connectivity index (χ1) is 13.0. The molecule has 1 aromatic heterocycles. The minimum Gasteiger partial charge on any atom is -0.481 e. The Balaban J connectivity index is 1.54. The Morgan fingerprint density at radius 1 is 0.963 bits per heavy atom. The van der Waals surface area contributed by atoms with Crippen molar-refractivity contribution in [2.45, 2.75) is 13.0 Å². The van der Waals surface area contributed by atoms with Crippen LogP contribution in [0.2, 0.25) is 5.02 Å². The molecule has 27 heavy (non-hydrogen) atoms. The van der Waals surface area contributed by atoms with Crippen molar-refractivity contribution in [3.8, 4) is 5.75 Å². The van der Waals surface area contributed by atoms with Crippen molar-refractivity contribution in [2.24, 2.45) is 0 Å². The SMILES string of the molecule is CC(Oc1ccc(Cl)cc1)C(=O)Nc1ccc(NC(=O)c2cccs2)cc1. The highest BCUT2D eigenvalue weighted by Gasteiger charge is 2.15. The van der Waals surface area contributed by atoms with Gasteiger partial charge in [-0.2, -0.15) is 0 Å². The third-order valence-electron chi connectivity index (χ3n) is 3.65. The van der Waals surface area contributed by atoms with Gasteiger partial charge < -0.3 is 15.4 Å². The van der Waals surface area contributed by atoms with E-state index in [9.17, 15) is 9.59 Å². The highest BCUT2D eigenvalue weighted by molar-refractivity contribution is 7.12. The molecule has 0 radical (unpaired) electrons. The summed E-state index contributed by atoms with van der Waals surface area (Å²) in [5.41, 5.74) is 1.26. The van der Waals surface area contributed by atoms with Crippen LogP contribution >= 0.6 is 22.9 Å². The van der Waals surface area contributed by atoms with E-state index in [1.165, 1.54) is 11.3 Å². The number of thiophene rings is 1. The molecule has 7 heteroatoms. The molecule has 0 bridgehead atoms. The number of rotatable bonds is 6. The lowest BCUT2D eigenvalue weighted by Gasteiger charge is -2.15. The molecule has 2 N–H and O–H groups in total. The smallest absolute Gasteiger partial charge is 0.265 e. The number of anilines is 2. The molecular formula is C20H17ClN2O3S. The van der Waals surface area contributed by atoms with Crippen LogP contribution in [0.25, 0.3) is 0 Å². The molecule has 1 heterocycles. The van der Waals surface area contributed by atoms with Gasteiger partial charge in [-0.25, -0.2) is 0 Å². The number of nitrogens with one attached hydrogen (secondary N) is 2. The summed E-state index contributed by atoms with van der Waals surface area (Å²) in [4.78, 5) is 24.9. The second kappa shape index (κ2) is 8.70. The molecule has 1 unspecified atom stereocenters. The Morgan fingerprint density at radius 3 is 2.19 bits per heavy atom. The van der Waals surface area contributed by atoms with Gasteiger partial charge in [-0.05, 0) is 66.9 Å². The van der Waals surface area contributed by atoms with Gasteiger partial charge in [0.2, 0.25) is 0 Å². The van der Waals surface area contributed by atoms with Crippen LogP contribution < -0.4 is 15.4 Å². The minimum absolute atomic E-state index is 0.160. The molecule has 0 aliphatic heterocycles. The first-order valence-electron chi connectivity index (χ1n) is 8.19. The van der Waals surface area contributed by atoms with Crippen molar-refractivity contribution >= 4 is 46.1 Å². The van der Waals surface area contributed by atoms with Crippen LogP contribution in [0.15, 0.2) is 66.0 Å². The molecular weight excluding hydrogens is 384 g/mol.